The van der Waals surface area contributed by atoms with Crippen LogP contribution < -0.4 is 0 Å². The van der Waals surface area contributed by atoms with Gasteiger partial charge in [0.05, 0.1) is 11.3 Å². The Morgan fingerprint density at radius 3 is 2.73 bits per heavy atom. The number of hydrogen-bond acceptors (Lipinski definition) is 1. The van der Waals surface area contributed by atoms with E-state index in [4.69, 9.17) is 4.98 Å². The molecule has 0 N–H and O–H groups in total. The fourth-order valence-corrected chi connectivity index (χ4v) is 3.71. The molecule has 3 heteroatoms. The smallest absolute Gasteiger partial charge is 0.0614 e. The van der Waals surface area contributed by atoms with Crippen molar-refractivity contribution in [3.63, 3.8) is 0 Å². The Balaban J connectivity index is 0.00000125. The van der Waals surface area contributed by atoms with Crippen LogP contribution in [0.4, 0.5) is 0 Å². The maximum Gasteiger partial charge on any atom is 0.0614 e. The summed E-state index contributed by atoms with van der Waals surface area (Å²) in [5.74, 6) is 0. The minimum Gasteiger partial charge on any atom is -0.337 e. The van der Waals surface area contributed by atoms with Crippen molar-refractivity contribution in [2.45, 2.75) is 25.7 Å². The molecule has 0 atom stereocenters. The summed E-state index contributed by atoms with van der Waals surface area (Å²) < 4.78 is 2.38. The number of fused-ring (bicyclic) bond motifs is 8. The molecular weight excluding hydrogens is 448 g/mol. The first-order valence-electron chi connectivity index (χ1n) is 7.65. The van der Waals surface area contributed by atoms with Crippen molar-refractivity contribution >= 4 is 27.3 Å². The number of benzene rings is 2. The van der Waals surface area contributed by atoms with E-state index in [1.54, 1.807) is 0 Å². The maximum absolute atomic E-state index is 4.96. The fraction of sp³-hybridized carbons (Fsp3) is 0.211. The van der Waals surface area contributed by atoms with E-state index >= 15 is 0 Å². The maximum atomic E-state index is 4.96. The van der Waals surface area contributed by atoms with E-state index in [1.807, 2.05) is 6.07 Å². The van der Waals surface area contributed by atoms with Crippen LogP contribution in [0.15, 0.2) is 42.5 Å². The molecule has 0 bridgehead atoms. The average molecular weight is 464 g/mol. The topological polar surface area (TPSA) is 17.3 Å². The van der Waals surface area contributed by atoms with Crippen molar-refractivity contribution in [2.24, 2.45) is 0 Å². The van der Waals surface area contributed by atoms with Gasteiger partial charge in [-0.3, -0.25) is 4.98 Å². The predicted molar refractivity (Wildman–Crippen MR) is 85.7 cm³/mol. The number of aromatic nitrogens is 2. The van der Waals surface area contributed by atoms with Crippen molar-refractivity contribution < 1.29 is 20.1 Å². The molecular formula is C19H15IrN2-. The van der Waals surface area contributed by atoms with Gasteiger partial charge >= 0.3 is 0 Å². The van der Waals surface area contributed by atoms with Crippen LogP contribution in [0.2, 0.25) is 0 Å². The average Bonchev–Trinajstić information content (AvgIpc) is 2.95. The zero-order valence-electron chi connectivity index (χ0n) is 12.1. The molecule has 0 amide bonds. The van der Waals surface area contributed by atoms with Gasteiger partial charge in [-0.05, 0) is 37.1 Å². The van der Waals surface area contributed by atoms with E-state index in [2.05, 4.69) is 46.9 Å². The van der Waals surface area contributed by atoms with Crippen molar-refractivity contribution in [3.8, 4) is 0 Å². The first-order chi connectivity index (χ1) is 10.4. The van der Waals surface area contributed by atoms with Gasteiger partial charge < -0.3 is 4.40 Å². The molecule has 0 unspecified atom stereocenters. The second-order valence-corrected chi connectivity index (χ2v) is 5.85. The van der Waals surface area contributed by atoms with Crippen molar-refractivity contribution in [3.05, 3.63) is 59.9 Å². The van der Waals surface area contributed by atoms with Gasteiger partial charge in [-0.15, -0.1) is 29.7 Å². The predicted octanol–water partition coefficient (Wildman–Crippen LogP) is 4.32. The molecule has 2 aromatic heterocycles. The Morgan fingerprint density at radius 2 is 1.77 bits per heavy atom. The van der Waals surface area contributed by atoms with Crippen LogP contribution in [-0.4, -0.2) is 9.38 Å². The Bertz CT molecular complexity index is 1000. The standard InChI is InChI=1S/C19H15N2.Ir/c1-2-9-15-13(7-1)14-8-3-5-11-17(14)21-18-12-6-4-10-16(18)20-19(15)21;/h1-3,5,7-8,11H,4,6,10,12H2;/q-1;. The summed E-state index contributed by atoms with van der Waals surface area (Å²) in [6.07, 6.45) is 4.78. The largest absolute Gasteiger partial charge is 0.337 e. The number of para-hydroxylation sites is 1. The number of imidazole rings is 1. The molecule has 0 aliphatic heterocycles. The van der Waals surface area contributed by atoms with Gasteiger partial charge in [-0.2, -0.15) is 0 Å². The Kier molecular flexibility index (Phi) is 3.28. The molecule has 0 saturated carbocycles. The molecule has 2 heterocycles. The quantitative estimate of drug-likeness (QED) is 0.281. The number of pyridine rings is 1. The van der Waals surface area contributed by atoms with E-state index in [9.17, 15) is 0 Å². The molecule has 2 aromatic carbocycles. The van der Waals surface area contributed by atoms with E-state index in [0.717, 1.165) is 23.9 Å². The monoisotopic (exact) mass is 464 g/mol. The van der Waals surface area contributed by atoms with Gasteiger partial charge in [0, 0.05) is 31.3 Å². The number of nitrogens with zero attached hydrogens (tertiary/aromatic N) is 2. The minimum atomic E-state index is 0. The van der Waals surface area contributed by atoms with Crippen LogP contribution in [0.25, 0.3) is 27.3 Å². The second-order valence-electron chi connectivity index (χ2n) is 5.85. The van der Waals surface area contributed by atoms with E-state index in [-0.39, 0.29) is 20.1 Å². The first kappa shape index (κ1) is 13.9. The molecule has 2 nitrogen and oxygen atoms in total. The molecule has 0 fully saturated rings. The van der Waals surface area contributed by atoms with Crippen molar-refractivity contribution in [1.29, 1.82) is 0 Å². The third-order valence-corrected chi connectivity index (χ3v) is 4.65. The molecule has 1 aliphatic rings. The number of aryl methyl sites for hydroxylation is 2. The first-order valence-corrected chi connectivity index (χ1v) is 7.65. The van der Waals surface area contributed by atoms with Gasteiger partial charge in [-0.25, -0.2) is 0 Å². The summed E-state index contributed by atoms with van der Waals surface area (Å²) in [6, 6.07) is 18.3. The molecule has 111 valence electrons. The number of rotatable bonds is 0. The normalized spacial score (nSPS) is 14.2. The summed E-state index contributed by atoms with van der Waals surface area (Å²) in [7, 11) is 0. The van der Waals surface area contributed by atoms with Gasteiger partial charge in [0.1, 0.15) is 0 Å². The summed E-state index contributed by atoms with van der Waals surface area (Å²) >= 11 is 0. The zero-order valence-corrected chi connectivity index (χ0v) is 14.5. The van der Waals surface area contributed by atoms with Crippen LogP contribution >= 0.6 is 0 Å². The summed E-state index contributed by atoms with van der Waals surface area (Å²) in [5, 5.41) is 3.69. The Hall–Kier alpha value is -1.70. The molecule has 0 spiro atoms. The van der Waals surface area contributed by atoms with E-state index in [1.165, 1.54) is 40.5 Å². The zero-order chi connectivity index (χ0) is 13.8. The molecule has 5 rings (SSSR count). The SMILES string of the molecule is [Ir].[c-]1cccc2c1c1nc3c(n1c1ccccc21)CCCC3. The van der Waals surface area contributed by atoms with Crippen molar-refractivity contribution in [1.82, 2.24) is 9.38 Å². The third kappa shape index (κ3) is 1.79. The minimum absolute atomic E-state index is 0. The summed E-state index contributed by atoms with van der Waals surface area (Å²) in [6.45, 7) is 0. The Labute approximate surface area is 142 Å². The van der Waals surface area contributed by atoms with Crippen molar-refractivity contribution in [2.75, 3.05) is 0 Å². The molecule has 4 aromatic rings. The molecule has 0 saturated heterocycles. The van der Waals surface area contributed by atoms with Gasteiger partial charge in [0.2, 0.25) is 0 Å². The van der Waals surface area contributed by atoms with Gasteiger partial charge in [0.25, 0.3) is 0 Å². The van der Waals surface area contributed by atoms with Crippen LogP contribution in [0.3, 0.4) is 0 Å². The van der Waals surface area contributed by atoms with E-state index < -0.39 is 0 Å². The van der Waals surface area contributed by atoms with Crippen LogP contribution in [0.5, 0.6) is 0 Å². The second kappa shape index (κ2) is 5.19. The third-order valence-electron chi connectivity index (χ3n) is 4.65. The van der Waals surface area contributed by atoms with E-state index in [0.29, 0.717) is 0 Å². The summed E-state index contributed by atoms with van der Waals surface area (Å²) in [5.41, 5.74) is 5.05. The Morgan fingerprint density at radius 1 is 0.955 bits per heavy atom. The van der Waals surface area contributed by atoms with Gasteiger partial charge in [0.15, 0.2) is 0 Å². The molecule has 22 heavy (non-hydrogen) atoms. The van der Waals surface area contributed by atoms with Crippen LogP contribution in [-0.2, 0) is 32.9 Å². The fourth-order valence-electron chi connectivity index (χ4n) is 3.71. The van der Waals surface area contributed by atoms with Crippen LogP contribution in [0, 0.1) is 6.07 Å². The van der Waals surface area contributed by atoms with Gasteiger partial charge in [-0.1, -0.05) is 23.6 Å². The summed E-state index contributed by atoms with van der Waals surface area (Å²) in [4.78, 5) is 4.96. The molecule has 1 aliphatic carbocycles. The number of hydrogen-bond donors (Lipinski definition) is 0. The molecule has 1 radical (unpaired) electrons. The van der Waals surface area contributed by atoms with Crippen LogP contribution in [0.1, 0.15) is 24.2 Å².